The Bertz CT molecular complexity index is 901. The molecule has 31 heavy (non-hydrogen) atoms. The number of carbonyl (C=O) groups excluding carboxylic acids is 2. The van der Waals surface area contributed by atoms with Gasteiger partial charge in [0.25, 0.3) is 5.91 Å². The van der Waals surface area contributed by atoms with Gasteiger partial charge in [-0.1, -0.05) is 18.2 Å². The maximum Gasteiger partial charge on any atom is 0.253 e. The number of anilines is 1. The predicted octanol–water partition coefficient (Wildman–Crippen LogP) is 4.32. The molecule has 2 aliphatic heterocycles. The Morgan fingerprint density at radius 2 is 1.87 bits per heavy atom. The van der Waals surface area contributed by atoms with Gasteiger partial charge >= 0.3 is 0 Å². The highest BCUT2D eigenvalue weighted by Gasteiger charge is 2.26. The van der Waals surface area contributed by atoms with Crippen LogP contribution in [0.5, 0.6) is 0 Å². The summed E-state index contributed by atoms with van der Waals surface area (Å²) in [7, 11) is 2.20. The smallest absolute Gasteiger partial charge is 0.253 e. The summed E-state index contributed by atoms with van der Waals surface area (Å²) >= 11 is 1.89. The summed E-state index contributed by atoms with van der Waals surface area (Å²) in [5.41, 5.74) is 2.64. The summed E-state index contributed by atoms with van der Waals surface area (Å²) in [5, 5.41) is 2.88. The summed E-state index contributed by atoms with van der Waals surface area (Å²) in [6, 6.07) is 16.7. The van der Waals surface area contributed by atoms with E-state index in [-0.39, 0.29) is 24.2 Å². The second-order valence-electron chi connectivity index (χ2n) is 8.09. The van der Waals surface area contributed by atoms with E-state index in [1.165, 1.54) is 4.90 Å². The third-order valence-electron chi connectivity index (χ3n) is 6.08. The summed E-state index contributed by atoms with van der Waals surface area (Å²) in [6.45, 7) is 2.65. The Balaban J connectivity index is 0.00000272. The number of amides is 2. The van der Waals surface area contributed by atoms with Crippen LogP contribution in [-0.2, 0) is 11.2 Å². The number of piperidine rings is 1. The van der Waals surface area contributed by atoms with Crippen molar-refractivity contribution in [1.82, 2.24) is 9.80 Å². The van der Waals surface area contributed by atoms with Crippen LogP contribution in [0.3, 0.4) is 0 Å². The van der Waals surface area contributed by atoms with Crippen LogP contribution in [0.2, 0.25) is 0 Å². The second-order valence-corrected chi connectivity index (χ2v) is 9.25. The molecule has 2 aromatic carbocycles. The monoisotopic (exact) mass is 459 g/mol. The lowest BCUT2D eigenvalue weighted by atomic mass is 9.98. The fraction of sp³-hybridized carbons (Fsp3) is 0.417. The van der Waals surface area contributed by atoms with E-state index >= 15 is 0 Å². The Kier molecular flexibility index (Phi) is 8.41. The van der Waals surface area contributed by atoms with E-state index in [0.29, 0.717) is 18.9 Å². The Morgan fingerprint density at radius 3 is 2.61 bits per heavy atom. The van der Waals surface area contributed by atoms with Crippen LogP contribution in [0.15, 0.2) is 53.4 Å². The zero-order valence-electron chi connectivity index (χ0n) is 17.9. The van der Waals surface area contributed by atoms with Crippen molar-refractivity contribution < 1.29 is 9.59 Å². The van der Waals surface area contributed by atoms with Crippen molar-refractivity contribution in [2.75, 3.05) is 37.8 Å². The molecule has 0 aliphatic carbocycles. The Hall–Kier alpha value is -2.02. The van der Waals surface area contributed by atoms with Crippen molar-refractivity contribution in [2.24, 2.45) is 0 Å². The zero-order valence-corrected chi connectivity index (χ0v) is 19.5. The number of rotatable bonds is 6. The molecule has 0 spiro atoms. The van der Waals surface area contributed by atoms with Crippen molar-refractivity contribution in [3.8, 4) is 0 Å². The lowest BCUT2D eigenvalue weighted by Crippen LogP contribution is -2.46. The third kappa shape index (κ3) is 6.03. The van der Waals surface area contributed by atoms with E-state index in [0.717, 1.165) is 55.0 Å². The molecule has 0 radical (unpaired) electrons. The first-order valence-electron chi connectivity index (χ1n) is 10.7. The fourth-order valence-electron chi connectivity index (χ4n) is 4.22. The number of fused-ring (bicyclic) bond motifs is 1. The first-order chi connectivity index (χ1) is 14.6. The number of nitrogens with zero attached hydrogens (tertiary/aromatic N) is 2. The SMILES string of the molecule is CN(CCSc1ccccc1)C1CCN(C(=O)c2ccc3c(c2)CCC(=O)N3)CC1.Cl. The van der Waals surface area contributed by atoms with E-state index in [2.05, 4.69) is 41.5 Å². The van der Waals surface area contributed by atoms with Crippen LogP contribution in [0.1, 0.15) is 35.2 Å². The standard InChI is InChI=1S/C24H29N3O2S.ClH/c1-26(15-16-30-21-5-3-2-4-6-21)20-11-13-27(14-12-20)24(29)19-7-9-22-18(17-19)8-10-23(28)25-22;/h2-7,9,17,20H,8,10-16H2,1H3,(H,25,28);1H. The second kappa shape index (κ2) is 11.0. The molecule has 0 unspecified atom stereocenters. The van der Waals surface area contributed by atoms with Gasteiger partial charge in [0.15, 0.2) is 0 Å². The van der Waals surface area contributed by atoms with Gasteiger partial charge in [0.05, 0.1) is 0 Å². The minimum Gasteiger partial charge on any atom is -0.339 e. The first-order valence-corrected chi connectivity index (χ1v) is 11.7. The molecule has 7 heteroatoms. The number of hydrogen-bond acceptors (Lipinski definition) is 4. The lowest BCUT2D eigenvalue weighted by molar-refractivity contribution is -0.116. The summed E-state index contributed by atoms with van der Waals surface area (Å²) in [6.07, 6.45) is 3.22. The van der Waals surface area contributed by atoms with Gasteiger partial charge in [0.1, 0.15) is 0 Å². The predicted molar refractivity (Wildman–Crippen MR) is 129 cm³/mol. The highest BCUT2D eigenvalue weighted by atomic mass is 35.5. The maximum atomic E-state index is 13.0. The molecule has 5 nitrogen and oxygen atoms in total. The van der Waals surface area contributed by atoms with Crippen LogP contribution in [0.25, 0.3) is 0 Å². The van der Waals surface area contributed by atoms with Crippen molar-refractivity contribution >= 4 is 41.7 Å². The molecule has 0 saturated carbocycles. The van der Waals surface area contributed by atoms with Crippen molar-refractivity contribution in [2.45, 2.75) is 36.6 Å². The number of carbonyl (C=O) groups is 2. The number of thioether (sulfide) groups is 1. The number of halogens is 1. The van der Waals surface area contributed by atoms with E-state index in [1.54, 1.807) is 0 Å². The van der Waals surface area contributed by atoms with E-state index < -0.39 is 0 Å². The topological polar surface area (TPSA) is 52.7 Å². The normalized spacial score (nSPS) is 16.5. The quantitative estimate of drug-likeness (QED) is 0.653. The molecule has 2 amide bonds. The average Bonchev–Trinajstić information content (AvgIpc) is 2.79. The molecule has 2 aliphatic rings. The first kappa shape index (κ1) is 23.6. The molecule has 1 N–H and O–H groups in total. The molecule has 1 fully saturated rings. The minimum absolute atomic E-state index is 0. The van der Waals surface area contributed by atoms with Crippen molar-refractivity contribution in [1.29, 1.82) is 0 Å². The van der Waals surface area contributed by atoms with Crippen molar-refractivity contribution in [3.63, 3.8) is 0 Å². The fourth-order valence-corrected chi connectivity index (χ4v) is 5.18. The van der Waals surface area contributed by atoms with Gasteiger partial charge in [-0.15, -0.1) is 24.2 Å². The van der Waals surface area contributed by atoms with Gasteiger partial charge in [0, 0.05) is 54.0 Å². The number of aryl methyl sites for hydroxylation is 1. The highest BCUT2D eigenvalue weighted by Crippen LogP contribution is 2.25. The zero-order chi connectivity index (χ0) is 20.9. The van der Waals surface area contributed by atoms with Gasteiger partial charge < -0.3 is 15.1 Å². The van der Waals surface area contributed by atoms with Gasteiger partial charge in [0.2, 0.25) is 5.91 Å². The van der Waals surface area contributed by atoms with E-state index in [4.69, 9.17) is 0 Å². The Morgan fingerprint density at radius 1 is 1.13 bits per heavy atom. The number of hydrogen-bond donors (Lipinski definition) is 1. The average molecular weight is 460 g/mol. The largest absolute Gasteiger partial charge is 0.339 e. The Labute approximate surface area is 195 Å². The lowest BCUT2D eigenvalue weighted by Gasteiger charge is -2.37. The van der Waals surface area contributed by atoms with Gasteiger partial charge in [-0.25, -0.2) is 0 Å². The molecular weight excluding hydrogens is 430 g/mol. The number of benzene rings is 2. The summed E-state index contributed by atoms with van der Waals surface area (Å²) in [4.78, 5) is 30.2. The van der Waals surface area contributed by atoms with Gasteiger partial charge in [-0.05, 0) is 62.2 Å². The molecule has 166 valence electrons. The minimum atomic E-state index is 0. The molecule has 2 heterocycles. The molecule has 0 atom stereocenters. The maximum absolute atomic E-state index is 13.0. The molecular formula is C24H30ClN3O2S. The van der Waals surface area contributed by atoms with Gasteiger partial charge in [-0.3, -0.25) is 9.59 Å². The van der Waals surface area contributed by atoms with Crippen molar-refractivity contribution in [3.05, 3.63) is 59.7 Å². The van der Waals surface area contributed by atoms with Crippen LogP contribution < -0.4 is 5.32 Å². The summed E-state index contributed by atoms with van der Waals surface area (Å²) in [5.74, 6) is 1.23. The van der Waals surface area contributed by atoms with Crippen LogP contribution in [-0.4, -0.2) is 60.1 Å². The summed E-state index contributed by atoms with van der Waals surface area (Å²) < 4.78 is 0. The van der Waals surface area contributed by atoms with Crippen LogP contribution in [0.4, 0.5) is 5.69 Å². The molecule has 4 rings (SSSR count). The third-order valence-corrected chi connectivity index (χ3v) is 7.07. The van der Waals surface area contributed by atoms with E-state index in [1.807, 2.05) is 40.9 Å². The number of likely N-dealkylation sites (tertiary alicyclic amines) is 1. The van der Waals surface area contributed by atoms with E-state index in [9.17, 15) is 9.59 Å². The van der Waals surface area contributed by atoms with Crippen LogP contribution in [0, 0.1) is 0 Å². The number of nitrogens with one attached hydrogen (secondary N) is 1. The molecule has 0 aromatic heterocycles. The van der Waals surface area contributed by atoms with Gasteiger partial charge in [-0.2, -0.15) is 0 Å². The molecule has 1 saturated heterocycles. The molecule has 0 bridgehead atoms. The molecule has 2 aromatic rings. The highest BCUT2D eigenvalue weighted by molar-refractivity contribution is 7.99. The van der Waals surface area contributed by atoms with Crippen LogP contribution >= 0.6 is 24.2 Å².